The summed E-state index contributed by atoms with van der Waals surface area (Å²) in [5, 5.41) is 0.805. The number of ketones is 1. The van der Waals surface area contributed by atoms with Crippen LogP contribution in [-0.4, -0.2) is 23.3 Å². The monoisotopic (exact) mass is 387 g/mol. The number of aryl methyl sites for hydroxylation is 2. The molecule has 1 heterocycles. The first-order valence-corrected chi connectivity index (χ1v) is 10.3. The fourth-order valence-electron chi connectivity index (χ4n) is 3.99. The molecule has 1 aliphatic rings. The molecular weight excluding hydrogens is 362 g/mol. The summed E-state index contributed by atoms with van der Waals surface area (Å²) in [5.74, 6) is -0.625. The van der Waals surface area contributed by atoms with E-state index >= 15 is 0 Å². The zero-order chi connectivity index (χ0) is 20.2. The number of fused-ring (bicyclic) bond motifs is 2. The number of rotatable bonds is 4. The van der Waals surface area contributed by atoms with Crippen LogP contribution in [0.25, 0.3) is 10.9 Å². The first-order valence-electron chi connectivity index (χ1n) is 10.3. The van der Waals surface area contributed by atoms with Gasteiger partial charge in [-0.3, -0.25) is 9.78 Å². The van der Waals surface area contributed by atoms with Crippen LogP contribution < -0.4 is 0 Å². The minimum atomic E-state index is -0.430. The van der Waals surface area contributed by atoms with Crippen molar-refractivity contribution in [2.24, 2.45) is 0 Å². The quantitative estimate of drug-likeness (QED) is 0.454. The second-order valence-corrected chi connectivity index (χ2v) is 7.71. The summed E-state index contributed by atoms with van der Waals surface area (Å²) in [6.07, 6.45) is 6.17. The van der Waals surface area contributed by atoms with Crippen molar-refractivity contribution in [3.05, 3.63) is 76.5 Å². The van der Waals surface area contributed by atoms with Gasteiger partial charge in [0.05, 0.1) is 11.1 Å². The molecule has 1 aliphatic carbocycles. The molecule has 0 fully saturated rings. The molecule has 0 bridgehead atoms. The van der Waals surface area contributed by atoms with Crippen LogP contribution in [0.5, 0.6) is 0 Å². The van der Waals surface area contributed by atoms with E-state index in [2.05, 4.69) is 0 Å². The Balaban J connectivity index is 1.64. The van der Waals surface area contributed by atoms with Gasteiger partial charge in [-0.05, 0) is 44.2 Å². The Bertz CT molecular complexity index is 1050. The average molecular weight is 387 g/mol. The van der Waals surface area contributed by atoms with Crippen LogP contribution >= 0.6 is 0 Å². The van der Waals surface area contributed by atoms with Crippen LogP contribution in [-0.2, 0) is 17.6 Å². The first kappa shape index (κ1) is 19.3. The third-order valence-electron chi connectivity index (χ3n) is 5.58. The number of Topliss-reactive ketones (excluding diaryl/α,β-unsaturated/α-hetero) is 1. The Kier molecular flexibility index (Phi) is 5.70. The molecule has 0 unspecified atom stereocenters. The molecule has 0 saturated carbocycles. The Morgan fingerprint density at radius 3 is 2.45 bits per heavy atom. The minimum Gasteiger partial charge on any atom is -0.454 e. The molecule has 0 N–H and O–H groups in total. The van der Waals surface area contributed by atoms with Gasteiger partial charge in [-0.1, -0.05) is 60.9 Å². The predicted molar refractivity (Wildman–Crippen MR) is 113 cm³/mol. The second kappa shape index (κ2) is 8.56. The van der Waals surface area contributed by atoms with Crippen molar-refractivity contribution in [1.29, 1.82) is 0 Å². The zero-order valence-electron chi connectivity index (χ0n) is 16.7. The molecule has 0 spiro atoms. The van der Waals surface area contributed by atoms with E-state index in [1.807, 2.05) is 43.3 Å². The van der Waals surface area contributed by atoms with E-state index in [9.17, 15) is 9.59 Å². The van der Waals surface area contributed by atoms with E-state index in [-0.39, 0.29) is 12.4 Å². The normalized spacial score (nSPS) is 14.0. The Morgan fingerprint density at radius 2 is 1.66 bits per heavy atom. The number of ether oxygens (including phenoxy) is 1. The van der Waals surface area contributed by atoms with Gasteiger partial charge in [-0.2, -0.15) is 0 Å². The maximum absolute atomic E-state index is 13.1. The SMILES string of the molecule is Cc1ccc(C(=O)COC(=O)c2c3c(nc4ccccc24)CCCCCC3)cc1. The Hall–Kier alpha value is -3.01. The van der Waals surface area contributed by atoms with Crippen molar-refractivity contribution in [2.75, 3.05) is 6.61 Å². The molecule has 148 valence electrons. The molecule has 29 heavy (non-hydrogen) atoms. The minimum absolute atomic E-state index is 0.195. The Morgan fingerprint density at radius 1 is 0.931 bits per heavy atom. The standard InChI is InChI=1S/C25H25NO3/c1-17-12-14-18(15-13-17)23(27)16-29-25(28)24-19-8-4-2-3-5-10-21(19)26-22-11-7-6-9-20(22)24/h6-7,9,11-15H,2-5,8,10,16H2,1H3. The van der Waals surface area contributed by atoms with Crippen LogP contribution in [0.2, 0.25) is 0 Å². The third kappa shape index (κ3) is 4.21. The molecule has 0 atom stereocenters. The largest absolute Gasteiger partial charge is 0.454 e. The lowest BCUT2D eigenvalue weighted by atomic mass is 9.91. The van der Waals surface area contributed by atoms with Crippen LogP contribution in [0.4, 0.5) is 0 Å². The molecule has 4 heteroatoms. The number of aromatic nitrogens is 1. The number of esters is 1. The lowest BCUT2D eigenvalue weighted by Gasteiger charge is -2.18. The van der Waals surface area contributed by atoms with Crippen LogP contribution in [0.3, 0.4) is 0 Å². The molecule has 4 nitrogen and oxygen atoms in total. The molecule has 1 aromatic heterocycles. The Labute approximate surface area is 170 Å². The van der Waals surface area contributed by atoms with Gasteiger partial charge in [0.15, 0.2) is 12.4 Å². The number of hydrogen-bond acceptors (Lipinski definition) is 4. The summed E-state index contributed by atoms with van der Waals surface area (Å²) in [5.41, 5.74) is 5.03. The van der Waals surface area contributed by atoms with Crippen molar-refractivity contribution < 1.29 is 14.3 Å². The molecule has 0 aliphatic heterocycles. The maximum Gasteiger partial charge on any atom is 0.339 e. The first-order chi connectivity index (χ1) is 14.1. The third-order valence-corrected chi connectivity index (χ3v) is 5.58. The van der Waals surface area contributed by atoms with Crippen LogP contribution in [0.1, 0.15) is 63.2 Å². The highest BCUT2D eigenvalue weighted by Gasteiger charge is 2.23. The fourth-order valence-corrected chi connectivity index (χ4v) is 3.99. The van der Waals surface area contributed by atoms with Gasteiger partial charge in [0.2, 0.25) is 0 Å². The van der Waals surface area contributed by atoms with Gasteiger partial charge < -0.3 is 4.74 Å². The fraction of sp³-hybridized carbons (Fsp3) is 0.320. The van der Waals surface area contributed by atoms with Crippen molar-refractivity contribution in [1.82, 2.24) is 4.98 Å². The van der Waals surface area contributed by atoms with Crippen molar-refractivity contribution >= 4 is 22.7 Å². The van der Waals surface area contributed by atoms with Gasteiger partial charge in [-0.25, -0.2) is 4.79 Å². The number of para-hydroxylation sites is 1. The van der Waals surface area contributed by atoms with E-state index in [1.54, 1.807) is 12.1 Å². The number of pyridine rings is 1. The van der Waals surface area contributed by atoms with E-state index in [0.29, 0.717) is 11.1 Å². The molecule has 0 amide bonds. The zero-order valence-corrected chi connectivity index (χ0v) is 16.7. The highest BCUT2D eigenvalue weighted by molar-refractivity contribution is 6.06. The summed E-state index contributed by atoms with van der Waals surface area (Å²) in [6.45, 7) is 1.71. The lowest BCUT2D eigenvalue weighted by molar-refractivity contribution is 0.0475. The highest BCUT2D eigenvalue weighted by atomic mass is 16.5. The summed E-state index contributed by atoms with van der Waals surface area (Å²) < 4.78 is 5.50. The van der Waals surface area contributed by atoms with E-state index in [1.165, 1.54) is 6.42 Å². The number of benzene rings is 2. The summed E-state index contributed by atoms with van der Waals surface area (Å²) in [4.78, 5) is 30.4. The summed E-state index contributed by atoms with van der Waals surface area (Å²) >= 11 is 0. The predicted octanol–water partition coefficient (Wildman–Crippen LogP) is 5.24. The number of carbonyl (C=O) groups is 2. The summed E-state index contributed by atoms with van der Waals surface area (Å²) in [6, 6.07) is 15.0. The van der Waals surface area contributed by atoms with Crippen molar-refractivity contribution in [2.45, 2.75) is 45.4 Å². The molecule has 0 radical (unpaired) electrons. The van der Waals surface area contributed by atoms with Crippen molar-refractivity contribution in [3.63, 3.8) is 0 Å². The van der Waals surface area contributed by atoms with Gasteiger partial charge >= 0.3 is 5.97 Å². The highest BCUT2D eigenvalue weighted by Crippen LogP contribution is 2.29. The van der Waals surface area contributed by atoms with Crippen LogP contribution in [0, 0.1) is 6.92 Å². The van der Waals surface area contributed by atoms with Gasteiger partial charge in [0.25, 0.3) is 0 Å². The van der Waals surface area contributed by atoms with Crippen molar-refractivity contribution in [3.8, 4) is 0 Å². The molecule has 2 aromatic carbocycles. The summed E-state index contributed by atoms with van der Waals surface area (Å²) in [7, 11) is 0. The smallest absolute Gasteiger partial charge is 0.339 e. The molecule has 4 rings (SSSR count). The second-order valence-electron chi connectivity index (χ2n) is 7.71. The number of hydrogen-bond donors (Lipinski definition) is 0. The van der Waals surface area contributed by atoms with Gasteiger partial charge in [-0.15, -0.1) is 0 Å². The maximum atomic E-state index is 13.1. The van der Waals surface area contributed by atoms with Gasteiger partial charge in [0, 0.05) is 16.6 Å². The average Bonchev–Trinajstić information content (AvgIpc) is 2.72. The van der Waals surface area contributed by atoms with E-state index in [4.69, 9.17) is 9.72 Å². The van der Waals surface area contributed by atoms with Gasteiger partial charge in [0.1, 0.15) is 0 Å². The number of carbonyl (C=O) groups excluding carboxylic acids is 2. The lowest BCUT2D eigenvalue weighted by Crippen LogP contribution is -2.18. The van der Waals surface area contributed by atoms with Crippen LogP contribution in [0.15, 0.2) is 48.5 Å². The molecule has 0 saturated heterocycles. The van der Waals surface area contributed by atoms with E-state index in [0.717, 1.165) is 59.8 Å². The molecule has 3 aromatic rings. The van der Waals surface area contributed by atoms with E-state index < -0.39 is 5.97 Å². The molecular formula is C25H25NO3. The number of nitrogens with zero attached hydrogens (tertiary/aromatic N) is 1. The topological polar surface area (TPSA) is 56.3 Å².